The van der Waals surface area contributed by atoms with Gasteiger partial charge in [0.1, 0.15) is 12.1 Å². The van der Waals surface area contributed by atoms with Crippen molar-refractivity contribution in [3.63, 3.8) is 0 Å². The van der Waals surface area contributed by atoms with Crippen LogP contribution in [0.15, 0.2) is 24.3 Å². The number of halogens is 1. The van der Waals surface area contributed by atoms with Gasteiger partial charge in [0.05, 0.1) is 6.54 Å². The summed E-state index contributed by atoms with van der Waals surface area (Å²) in [4.78, 5) is 14.7. The van der Waals surface area contributed by atoms with Gasteiger partial charge in [0.15, 0.2) is 0 Å². The van der Waals surface area contributed by atoms with Crippen molar-refractivity contribution < 1.29 is 9.18 Å². The normalized spacial score (nSPS) is 17.4. The highest BCUT2D eigenvalue weighted by Crippen LogP contribution is 2.16. The zero-order valence-electron chi connectivity index (χ0n) is 9.10. The summed E-state index contributed by atoms with van der Waals surface area (Å²) < 4.78 is 12.8. The fourth-order valence-electron chi connectivity index (χ4n) is 1.95. The second-order valence-electron chi connectivity index (χ2n) is 3.93. The minimum atomic E-state index is -0.205. The van der Waals surface area contributed by atoms with E-state index in [4.69, 9.17) is 0 Å². The Morgan fingerprint density at radius 3 is 2.31 bits per heavy atom. The molecule has 1 heterocycles. The van der Waals surface area contributed by atoms with Gasteiger partial charge in [0, 0.05) is 31.9 Å². The Balaban J connectivity index is 1.93. The number of piperazine rings is 1. The van der Waals surface area contributed by atoms with Gasteiger partial charge in [-0.05, 0) is 24.3 Å². The Kier molecular flexibility index (Phi) is 3.51. The number of anilines is 1. The van der Waals surface area contributed by atoms with Gasteiger partial charge in [-0.2, -0.15) is 0 Å². The summed E-state index contributed by atoms with van der Waals surface area (Å²) in [5.41, 5.74) is 1.05. The van der Waals surface area contributed by atoms with Gasteiger partial charge in [0.25, 0.3) is 0 Å². The molecule has 0 atom stereocenters. The summed E-state index contributed by atoms with van der Waals surface area (Å²) >= 11 is 0. The third-order valence-electron chi connectivity index (χ3n) is 2.90. The monoisotopic (exact) mass is 222 g/mol. The molecule has 4 heteroatoms. The molecule has 1 aromatic rings. The summed E-state index contributed by atoms with van der Waals surface area (Å²) in [6.45, 7) is 4.06. The first-order chi connectivity index (χ1) is 7.79. The molecule has 0 spiro atoms. The molecule has 3 nitrogen and oxygen atoms in total. The molecule has 1 aromatic carbocycles. The van der Waals surface area contributed by atoms with Crippen molar-refractivity contribution in [2.24, 2.45) is 0 Å². The zero-order valence-corrected chi connectivity index (χ0v) is 9.10. The molecule has 0 radical (unpaired) electrons. The maximum Gasteiger partial charge on any atom is 0.133 e. The predicted molar refractivity (Wildman–Crippen MR) is 61.1 cm³/mol. The molecule has 0 saturated carbocycles. The number of carbonyl (C=O) groups is 1. The van der Waals surface area contributed by atoms with E-state index in [1.807, 2.05) is 0 Å². The molecular formula is C12H15FN2O. The highest BCUT2D eigenvalue weighted by atomic mass is 19.1. The molecule has 0 N–H and O–H groups in total. The first-order valence-electron chi connectivity index (χ1n) is 5.46. The van der Waals surface area contributed by atoms with Gasteiger partial charge in [-0.25, -0.2) is 4.39 Å². The van der Waals surface area contributed by atoms with E-state index in [2.05, 4.69) is 9.80 Å². The Labute approximate surface area is 94.5 Å². The maximum absolute atomic E-state index is 12.8. The number of hydrogen-bond acceptors (Lipinski definition) is 3. The van der Waals surface area contributed by atoms with Crippen molar-refractivity contribution in [3.8, 4) is 0 Å². The Morgan fingerprint density at radius 1 is 1.12 bits per heavy atom. The first kappa shape index (κ1) is 11.1. The van der Waals surface area contributed by atoms with Gasteiger partial charge in [-0.15, -0.1) is 0 Å². The van der Waals surface area contributed by atoms with E-state index < -0.39 is 0 Å². The molecule has 0 bridgehead atoms. The van der Waals surface area contributed by atoms with E-state index in [9.17, 15) is 9.18 Å². The van der Waals surface area contributed by atoms with E-state index in [-0.39, 0.29) is 5.82 Å². The lowest BCUT2D eigenvalue weighted by Gasteiger charge is -2.35. The highest BCUT2D eigenvalue weighted by molar-refractivity contribution is 5.52. The van der Waals surface area contributed by atoms with Crippen LogP contribution in [-0.4, -0.2) is 43.9 Å². The summed E-state index contributed by atoms with van der Waals surface area (Å²) in [6, 6.07) is 6.55. The van der Waals surface area contributed by atoms with Crippen LogP contribution in [0.2, 0.25) is 0 Å². The van der Waals surface area contributed by atoms with Crippen LogP contribution in [0.3, 0.4) is 0 Å². The number of carbonyl (C=O) groups excluding carboxylic acids is 1. The fourth-order valence-corrected chi connectivity index (χ4v) is 1.95. The van der Waals surface area contributed by atoms with Crippen LogP contribution in [0.4, 0.5) is 10.1 Å². The minimum absolute atomic E-state index is 0.205. The van der Waals surface area contributed by atoms with E-state index in [1.54, 1.807) is 12.1 Å². The largest absolute Gasteiger partial charge is 0.369 e. The van der Waals surface area contributed by atoms with E-state index in [0.717, 1.165) is 38.2 Å². The second kappa shape index (κ2) is 5.07. The van der Waals surface area contributed by atoms with Crippen molar-refractivity contribution >= 4 is 12.0 Å². The van der Waals surface area contributed by atoms with Gasteiger partial charge in [-0.1, -0.05) is 0 Å². The number of hydrogen-bond donors (Lipinski definition) is 0. The molecule has 2 rings (SSSR count). The molecule has 0 aliphatic carbocycles. The van der Waals surface area contributed by atoms with Crippen molar-refractivity contribution in [3.05, 3.63) is 30.1 Å². The van der Waals surface area contributed by atoms with E-state index in [1.165, 1.54) is 12.1 Å². The van der Waals surface area contributed by atoms with Crippen LogP contribution < -0.4 is 4.90 Å². The van der Waals surface area contributed by atoms with Gasteiger partial charge in [-0.3, -0.25) is 4.90 Å². The third-order valence-corrected chi connectivity index (χ3v) is 2.90. The smallest absolute Gasteiger partial charge is 0.133 e. The lowest BCUT2D eigenvalue weighted by molar-refractivity contribution is -0.108. The van der Waals surface area contributed by atoms with E-state index in [0.29, 0.717) is 6.54 Å². The third kappa shape index (κ3) is 2.58. The number of nitrogens with zero attached hydrogens (tertiary/aromatic N) is 2. The fraction of sp³-hybridized carbons (Fsp3) is 0.417. The Bertz CT molecular complexity index is 345. The molecule has 1 fully saturated rings. The zero-order chi connectivity index (χ0) is 11.4. The Hall–Kier alpha value is -1.42. The summed E-state index contributed by atoms with van der Waals surface area (Å²) in [7, 11) is 0. The quantitative estimate of drug-likeness (QED) is 0.717. The van der Waals surface area contributed by atoms with Crippen LogP contribution in [0.25, 0.3) is 0 Å². The van der Waals surface area contributed by atoms with Crippen LogP contribution in [0.5, 0.6) is 0 Å². The molecule has 1 aliphatic rings. The number of aldehydes is 1. The molecule has 16 heavy (non-hydrogen) atoms. The highest BCUT2D eigenvalue weighted by Gasteiger charge is 2.16. The molecule has 0 aromatic heterocycles. The van der Waals surface area contributed by atoms with Crippen molar-refractivity contribution in [1.29, 1.82) is 0 Å². The SMILES string of the molecule is O=CCN1CCN(c2ccc(F)cc2)CC1. The maximum atomic E-state index is 12.8. The number of rotatable bonds is 3. The van der Waals surface area contributed by atoms with Crippen LogP contribution in [0, 0.1) is 5.82 Å². The summed E-state index contributed by atoms with van der Waals surface area (Å²) in [6.07, 6.45) is 0.938. The summed E-state index contributed by atoms with van der Waals surface area (Å²) in [5, 5.41) is 0. The standard InChI is InChI=1S/C12H15FN2O/c13-11-1-3-12(4-2-11)15-7-5-14(6-8-15)9-10-16/h1-4,10H,5-9H2. The molecular weight excluding hydrogens is 207 g/mol. The number of benzene rings is 1. The van der Waals surface area contributed by atoms with Crippen LogP contribution in [-0.2, 0) is 4.79 Å². The molecule has 86 valence electrons. The van der Waals surface area contributed by atoms with Crippen molar-refractivity contribution in [1.82, 2.24) is 4.90 Å². The van der Waals surface area contributed by atoms with Gasteiger partial charge >= 0.3 is 0 Å². The van der Waals surface area contributed by atoms with Crippen LogP contribution >= 0.6 is 0 Å². The Morgan fingerprint density at radius 2 is 1.75 bits per heavy atom. The van der Waals surface area contributed by atoms with Gasteiger partial charge < -0.3 is 9.69 Å². The second-order valence-corrected chi connectivity index (χ2v) is 3.93. The first-order valence-corrected chi connectivity index (χ1v) is 5.46. The molecule has 0 amide bonds. The minimum Gasteiger partial charge on any atom is -0.369 e. The van der Waals surface area contributed by atoms with Crippen LogP contribution in [0.1, 0.15) is 0 Å². The lowest BCUT2D eigenvalue weighted by atomic mass is 10.2. The van der Waals surface area contributed by atoms with E-state index >= 15 is 0 Å². The van der Waals surface area contributed by atoms with Crippen molar-refractivity contribution in [2.75, 3.05) is 37.6 Å². The average Bonchev–Trinajstić information content (AvgIpc) is 2.32. The molecule has 1 aliphatic heterocycles. The van der Waals surface area contributed by atoms with Gasteiger partial charge in [0.2, 0.25) is 0 Å². The molecule has 1 saturated heterocycles. The summed E-state index contributed by atoms with van der Waals surface area (Å²) in [5.74, 6) is -0.205. The average molecular weight is 222 g/mol. The molecule has 0 unspecified atom stereocenters. The topological polar surface area (TPSA) is 23.6 Å². The lowest BCUT2D eigenvalue weighted by Crippen LogP contribution is -2.46. The predicted octanol–water partition coefficient (Wildman–Crippen LogP) is 1.15. The van der Waals surface area contributed by atoms with Crippen molar-refractivity contribution in [2.45, 2.75) is 0 Å².